The third kappa shape index (κ3) is 4.06. The van der Waals surface area contributed by atoms with E-state index in [-0.39, 0.29) is 25.7 Å². The van der Waals surface area contributed by atoms with E-state index >= 15 is 0 Å². The van der Waals surface area contributed by atoms with Crippen LogP contribution in [0.1, 0.15) is 26.3 Å². The number of likely N-dealkylation sites (tertiary alicyclic amines) is 1. The van der Waals surface area contributed by atoms with E-state index in [0.717, 1.165) is 5.56 Å². The Morgan fingerprint density at radius 3 is 2.20 bits per heavy atom. The van der Waals surface area contributed by atoms with Gasteiger partial charge in [-0.1, -0.05) is 12.1 Å². The highest BCUT2D eigenvalue weighted by Crippen LogP contribution is 2.61. The molecule has 0 spiro atoms. The van der Waals surface area contributed by atoms with Gasteiger partial charge in [-0.3, -0.25) is 9.36 Å². The number of aliphatic hydroxyl groups is 1. The number of amides is 1. The van der Waals surface area contributed by atoms with E-state index in [1.807, 2.05) is 12.1 Å². The predicted molar refractivity (Wildman–Crippen MR) is 93.4 cm³/mol. The van der Waals surface area contributed by atoms with Crippen molar-refractivity contribution in [2.45, 2.75) is 39.2 Å². The van der Waals surface area contributed by atoms with Gasteiger partial charge in [-0.2, -0.15) is 0 Å². The summed E-state index contributed by atoms with van der Waals surface area (Å²) in [5.41, 5.74) is 0.864. The van der Waals surface area contributed by atoms with E-state index in [4.69, 9.17) is 13.8 Å². The van der Waals surface area contributed by atoms with Crippen LogP contribution >= 0.6 is 7.60 Å². The summed E-state index contributed by atoms with van der Waals surface area (Å²) >= 11 is 0. The maximum absolute atomic E-state index is 13.2. The zero-order valence-electron chi connectivity index (χ0n) is 15.0. The highest BCUT2D eigenvalue weighted by Gasteiger charge is 2.59. The fraction of sp³-hybridized carbons (Fsp3) is 0.588. The Balaban J connectivity index is 2.27. The number of ether oxygens (including phenoxy) is 1. The number of hydrogen-bond donors (Lipinski definition) is 1. The molecule has 1 saturated heterocycles. The maximum Gasteiger partial charge on any atom is 0.353 e. The molecule has 2 rings (SSSR count). The lowest BCUT2D eigenvalue weighted by molar-refractivity contribution is -0.160. The summed E-state index contributed by atoms with van der Waals surface area (Å²) in [6, 6.07) is 7.27. The molecule has 1 aliphatic heterocycles. The predicted octanol–water partition coefficient (Wildman–Crippen LogP) is 2.63. The smallest absolute Gasteiger partial charge is 0.353 e. The fourth-order valence-corrected chi connectivity index (χ4v) is 5.44. The summed E-state index contributed by atoms with van der Waals surface area (Å²) < 4.78 is 29.1. The number of benzene rings is 1. The van der Waals surface area contributed by atoms with Crippen LogP contribution in [0, 0.1) is 5.92 Å². The molecular formula is C17H26NO6P. The lowest BCUT2D eigenvalue weighted by Crippen LogP contribution is -2.63. The third-order valence-corrected chi connectivity index (χ3v) is 6.67. The first kappa shape index (κ1) is 19.9. The van der Waals surface area contributed by atoms with E-state index in [1.165, 1.54) is 11.8 Å². The number of β-lactam (4-membered cyclic amide) rings is 1. The molecule has 1 aromatic carbocycles. The normalized spacial score (nSPS) is 21.8. The van der Waals surface area contributed by atoms with Crippen LogP contribution in [0.5, 0.6) is 5.75 Å². The van der Waals surface area contributed by atoms with E-state index in [9.17, 15) is 14.5 Å². The summed E-state index contributed by atoms with van der Waals surface area (Å²) in [5, 5.41) is 9.97. The standard InChI is InChI=1S/C17H26NO6P/c1-5-23-25(21,24-6-2)17-15(12(3)19)16(20)18(17)11-13-7-9-14(22-4)10-8-13/h7-10,12,15,17,19H,5-6,11H2,1-4H3/t12-,15+,17-/m1/s1. The van der Waals surface area contributed by atoms with Crippen molar-refractivity contribution >= 4 is 13.5 Å². The van der Waals surface area contributed by atoms with Crippen LogP contribution in [0.15, 0.2) is 24.3 Å². The number of rotatable bonds is 9. The zero-order valence-corrected chi connectivity index (χ0v) is 15.9. The Morgan fingerprint density at radius 2 is 1.76 bits per heavy atom. The Kier molecular flexibility index (Phi) is 6.63. The second-order valence-corrected chi connectivity index (χ2v) is 7.99. The molecule has 0 bridgehead atoms. The minimum Gasteiger partial charge on any atom is -0.497 e. The van der Waals surface area contributed by atoms with E-state index in [1.54, 1.807) is 33.1 Å². The molecule has 25 heavy (non-hydrogen) atoms. The monoisotopic (exact) mass is 371 g/mol. The lowest BCUT2D eigenvalue weighted by atomic mass is 9.92. The molecule has 0 radical (unpaired) electrons. The molecule has 1 heterocycles. The lowest BCUT2D eigenvalue weighted by Gasteiger charge is -2.49. The van der Waals surface area contributed by atoms with Crippen LogP contribution in [0.3, 0.4) is 0 Å². The van der Waals surface area contributed by atoms with Gasteiger partial charge in [-0.15, -0.1) is 0 Å². The second-order valence-electron chi connectivity index (χ2n) is 5.87. The summed E-state index contributed by atoms with van der Waals surface area (Å²) in [5.74, 6) is -1.12. The van der Waals surface area contributed by atoms with Crippen molar-refractivity contribution in [1.82, 2.24) is 4.90 Å². The molecule has 1 aromatic rings. The Morgan fingerprint density at radius 1 is 1.20 bits per heavy atom. The van der Waals surface area contributed by atoms with Crippen molar-refractivity contribution < 1.29 is 28.3 Å². The minimum absolute atomic E-state index is 0.199. The number of aliphatic hydroxyl groups excluding tert-OH is 1. The number of hydrogen-bond acceptors (Lipinski definition) is 6. The number of carbonyl (C=O) groups excluding carboxylic acids is 1. The van der Waals surface area contributed by atoms with Gasteiger partial charge in [0.1, 0.15) is 11.5 Å². The molecule has 0 unspecified atom stereocenters. The molecule has 0 saturated carbocycles. The first-order valence-corrected chi connectivity index (χ1v) is 9.99. The van der Waals surface area contributed by atoms with Crippen molar-refractivity contribution in [2.24, 2.45) is 5.92 Å². The maximum atomic E-state index is 13.2. The average molecular weight is 371 g/mol. The summed E-state index contributed by atoms with van der Waals surface area (Å²) in [6.07, 6.45) is -0.932. The molecule has 140 valence electrons. The third-order valence-electron chi connectivity index (χ3n) is 4.18. The fourth-order valence-electron chi connectivity index (χ4n) is 3.03. The van der Waals surface area contributed by atoms with Crippen LogP contribution in [0.4, 0.5) is 0 Å². The molecule has 1 N–H and O–H groups in total. The molecule has 0 aromatic heterocycles. The Labute approximate surface area is 148 Å². The first-order valence-electron chi connectivity index (χ1n) is 8.38. The number of nitrogens with zero attached hydrogens (tertiary/aromatic N) is 1. The first-order chi connectivity index (χ1) is 11.9. The van der Waals surface area contributed by atoms with Crippen LogP contribution in [-0.4, -0.2) is 48.1 Å². The van der Waals surface area contributed by atoms with Gasteiger partial charge in [-0.25, -0.2) is 0 Å². The average Bonchev–Trinajstić information content (AvgIpc) is 2.57. The molecule has 1 aliphatic rings. The largest absolute Gasteiger partial charge is 0.497 e. The van der Waals surface area contributed by atoms with Crippen molar-refractivity contribution in [2.75, 3.05) is 20.3 Å². The SMILES string of the molecule is CCOP(=O)(OCC)[C@@H]1[C@@H]([C@@H](C)O)C(=O)N1Cc1ccc(OC)cc1. The van der Waals surface area contributed by atoms with Crippen molar-refractivity contribution in [3.05, 3.63) is 29.8 Å². The van der Waals surface area contributed by atoms with Crippen LogP contribution in [0.2, 0.25) is 0 Å². The summed E-state index contributed by atoms with van der Waals surface area (Å²) in [4.78, 5) is 14.0. The molecule has 3 atom stereocenters. The van der Waals surface area contributed by atoms with Crippen LogP contribution in [-0.2, 0) is 25.0 Å². The van der Waals surface area contributed by atoms with Gasteiger partial charge >= 0.3 is 7.60 Å². The molecule has 0 aliphatic carbocycles. The van der Waals surface area contributed by atoms with Crippen LogP contribution in [0.25, 0.3) is 0 Å². The van der Waals surface area contributed by atoms with Gasteiger partial charge in [0.25, 0.3) is 0 Å². The molecule has 7 nitrogen and oxygen atoms in total. The van der Waals surface area contributed by atoms with Gasteiger partial charge in [0, 0.05) is 6.54 Å². The molecular weight excluding hydrogens is 345 g/mol. The number of carbonyl (C=O) groups is 1. The highest BCUT2D eigenvalue weighted by molar-refractivity contribution is 7.54. The summed E-state index contributed by atoms with van der Waals surface area (Å²) in [7, 11) is -1.98. The van der Waals surface area contributed by atoms with E-state index < -0.39 is 25.4 Å². The minimum atomic E-state index is -3.56. The number of methoxy groups -OCH3 is 1. The Bertz CT molecular complexity index is 623. The van der Waals surface area contributed by atoms with Crippen molar-refractivity contribution in [3.8, 4) is 5.75 Å². The Hall–Kier alpha value is -1.40. The molecule has 1 fully saturated rings. The highest BCUT2D eigenvalue weighted by atomic mass is 31.2. The zero-order chi connectivity index (χ0) is 18.6. The molecule has 8 heteroatoms. The van der Waals surface area contributed by atoms with Gasteiger partial charge in [0.15, 0.2) is 0 Å². The quantitative estimate of drug-likeness (QED) is 0.531. The van der Waals surface area contributed by atoms with E-state index in [2.05, 4.69) is 0 Å². The second kappa shape index (κ2) is 8.32. The molecule has 1 amide bonds. The van der Waals surface area contributed by atoms with E-state index in [0.29, 0.717) is 5.75 Å². The van der Waals surface area contributed by atoms with Gasteiger partial charge in [0.2, 0.25) is 5.91 Å². The summed E-state index contributed by atoms with van der Waals surface area (Å²) in [6.45, 7) is 5.62. The van der Waals surface area contributed by atoms with Gasteiger partial charge in [-0.05, 0) is 38.5 Å². The van der Waals surface area contributed by atoms with Gasteiger partial charge < -0.3 is 23.8 Å². The van der Waals surface area contributed by atoms with Crippen molar-refractivity contribution in [1.29, 1.82) is 0 Å². The topological polar surface area (TPSA) is 85.3 Å². The van der Waals surface area contributed by atoms with Crippen LogP contribution < -0.4 is 4.74 Å². The van der Waals surface area contributed by atoms with Gasteiger partial charge in [0.05, 0.1) is 32.3 Å². The van der Waals surface area contributed by atoms with Crippen molar-refractivity contribution in [3.63, 3.8) is 0 Å².